The van der Waals surface area contributed by atoms with E-state index in [2.05, 4.69) is 5.32 Å². The number of hydrogen-bond acceptors (Lipinski definition) is 7. The van der Waals surface area contributed by atoms with Gasteiger partial charge in [0.2, 0.25) is 10.0 Å². The van der Waals surface area contributed by atoms with Gasteiger partial charge in [0.05, 0.1) is 31.6 Å². The van der Waals surface area contributed by atoms with Gasteiger partial charge >= 0.3 is 0 Å². The zero-order valence-corrected chi connectivity index (χ0v) is 20.3. The number of nitrogens with one attached hydrogen (secondary N) is 1. The van der Waals surface area contributed by atoms with Crippen molar-refractivity contribution in [2.75, 3.05) is 38.7 Å². The zero-order chi connectivity index (χ0) is 24.6. The number of benzene rings is 2. The van der Waals surface area contributed by atoms with E-state index in [4.69, 9.17) is 14.2 Å². The Labute approximate surface area is 194 Å². The molecular formula is C23H29N3O6S. The molecule has 2 aromatic rings. The van der Waals surface area contributed by atoms with Gasteiger partial charge in [0.15, 0.2) is 11.5 Å². The van der Waals surface area contributed by atoms with Gasteiger partial charge in [0.25, 0.3) is 5.91 Å². The number of amides is 1. The van der Waals surface area contributed by atoms with Gasteiger partial charge in [0, 0.05) is 30.8 Å². The number of carbonyl (C=O) groups is 1. The first-order chi connectivity index (χ1) is 15.8. The van der Waals surface area contributed by atoms with E-state index in [0.29, 0.717) is 24.7 Å². The molecule has 0 atom stereocenters. The van der Waals surface area contributed by atoms with Crippen LogP contribution in [-0.4, -0.2) is 52.0 Å². The molecule has 0 aliphatic heterocycles. The predicted molar refractivity (Wildman–Crippen MR) is 125 cm³/mol. The van der Waals surface area contributed by atoms with E-state index < -0.39 is 15.9 Å². The normalized spacial score (nSPS) is 11.1. The third kappa shape index (κ3) is 5.74. The van der Waals surface area contributed by atoms with Crippen molar-refractivity contribution < 1.29 is 27.4 Å². The van der Waals surface area contributed by atoms with Gasteiger partial charge in [-0.1, -0.05) is 13.8 Å². The molecule has 0 aliphatic carbocycles. The maximum absolute atomic E-state index is 13.1. The highest BCUT2D eigenvalue weighted by molar-refractivity contribution is 7.89. The first kappa shape index (κ1) is 26.0. The van der Waals surface area contributed by atoms with E-state index in [0.717, 1.165) is 0 Å². The molecule has 0 saturated heterocycles. The minimum Gasteiger partial charge on any atom is -0.495 e. The van der Waals surface area contributed by atoms with Gasteiger partial charge in [-0.25, -0.2) is 8.42 Å². The van der Waals surface area contributed by atoms with Crippen LogP contribution in [0.5, 0.6) is 17.2 Å². The Kier molecular flexibility index (Phi) is 9.08. The maximum Gasteiger partial charge on any atom is 0.255 e. The molecule has 33 heavy (non-hydrogen) atoms. The molecule has 2 aromatic carbocycles. The molecular weight excluding hydrogens is 446 g/mol. The monoisotopic (exact) mass is 475 g/mol. The van der Waals surface area contributed by atoms with Crippen LogP contribution in [-0.2, 0) is 10.0 Å². The number of carbonyl (C=O) groups excluding carboxylic acids is 1. The summed E-state index contributed by atoms with van der Waals surface area (Å²) in [5.74, 6) is 0.326. The average Bonchev–Trinajstić information content (AvgIpc) is 2.81. The van der Waals surface area contributed by atoms with Crippen molar-refractivity contribution >= 4 is 21.6 Å². The van der Waals surface area contributed by atoms with Gasteiger partial charge in [-0.3, -0.25) is 4.79 Å². The molecule has 0 bridgehead atoms. The van der Waals surface area contributed by atoms with Crippen LogP contribution in [0.1, 0.15) is 43.6 Å². The van der Waals surface area contributed by atoms with Crippen LogP contribution in [0.2, 0.25) is 0 Å². The minimum atomic E-state index is -3.87. The Morgan fingerprint density at radius 3 is 2.12 bits per heavy atom. The summed E-state index contributed by atoms with van der Waals surface area (Å²) in [6.07, 6.45) is 0. The average molecular weight is 476 g/mol. The first-order valence-corrected chi connectivity index (χ1v) is 12.0. The van der Waals surface area contributed by atoms with Crippen molar-refractivity contribution in [2.45, 2.75) is 32.6 Å². The van der Waals surface area contributed by atoms with Gasteiger partial charge < -0.3 is 19.5 Å². The number of sulfonamides is 1. The molecule has 1 N–H and O–H groups in total. The predicted octanol–water partition coefficient (Wildman–Crippen LogP) is 3.65. The second kappa shape index (κ2) is 11.5. The smallest absolute Gasteiger partial charge is 0.255 e. The number of rotatable bonds is 11. The van der Waals surface area contributed by atoms with Gasteiger partial charge in [-0.15, -0.1) is 0 Å². The van der Waals surface area contributed by atoms with E-state index in [1.165, 1.54) is 41.7 Å². The zero-order valence-electron chi connectivity index (χ0n) is 19.5. The molecule has 2 rings (SSSR count). The Hall–Kier alpha value is -3.29. The largest absolute Gasteiger partial charge is 0.495 e. The van der Waals surface area contributed by atoms with Crippen LogP contribution in [0.3, 0.4) is 0 Å². The molecule has 9 nitrogen and oxygen atoms in total. The Bertz CT molecular complexity index is 1140. The van der Waals surface area contributed by atoms with Crippen molar-refractivity contribution in [3.63, 3.8) is 0 Å². The highest BCUT2D eigenvalue weighted by Gasteiger charge is 2.27. The highest BCUT2D eigenvalue weighted by Crippen LogP contribution is 2.34. The van der Waals surface area contributed by atoms with E-state index in [1.54, 1.807) is 20.8 Å². The van der Waals surface area contributed by atoms with E-state index in [1.807, 2.05) is 13.0 Å². The summed E-state index contributed by atoms with van der Waals surface area (Å²) in [7, 11) is -2.51. The summed E-state index contributed by atoms with van der Waals surface area (Å²) in [6, 6.07) is 9.20. The third-order valence-corrected chi connectivity index (χ3v) is 6.87. The van der Waals surface area contributed by atoms with Crippen LogP contribution in [0.15, 0.2) is 35.2 Å². The molecule has 0 unspecified atom stereocenters. The number of methoxy groups -OCH3 is 1. The van der Waals surface area contributed by atoms with E-state index in [9.17, 15) is 18.5 Å². The Morgan fingerprint density at radius 2 is 1.61 bits per heavy atom. The lowest BCUT2D eigenvalue weighted by molar-refractivity contribution is 0.102. The molecule has 0 aromatic heterocycles. The lowest BCUT2D eigenvalue weighted by Gasteiger charge is -2.20. The summed E-state index contributed by atoms with van der Waals surface area (Å²) < 4.78 is 43.7. The third-order valence-electron chi connectivity index (χ3n) is 4.80. The molecule has 178 valence electrons. The van der Waals surface area contributed by atoms with Crippen molar-refractivity contribution in [3.05, 3.63) is 41.5 Å². The van der Waals surface area contributed by atoms with Crippen molar-refractivity contribution in [1.82, 2.24) is 4.31 Å². The molecule has 0 spiro atoms. The van der Waals surface area contributed by atoms with Crippen LogP contribution < -0.4 is 19.5 Å². The molecule has 10 heteroatoms. The molecule has 1 amide bonds. The SMILES string of the molecule is CCOc1cc(C#N)c(NC(=O)c2ccc(OC)c(S(=O)(=O)N(CC)CC)c2)cc1OCC. The van der Waals surface area contributed by atoms with Crippen molar-refractivity contribution in [1.29, 1.82) is 5.26 Å². The Balaban J connectivity index is 2.49. The van der Waals surface area contributed by atoms with Crippen molar-refractivity contribution in [3.8, 4) is 23.3 Å². The number of ether oxygens (including phenoxy) is 3. The summed E-state index contributed by atoms with van der Waals surface area (Å²) >= 11 is 0. The van der Waals surface area contributed by atoms with Gasteiger partial charge in [0.1, 0.15) is 16.7 Å². The molecule has 0 saturated carbocycles. The van der Waals surface area contributed by atoms with E-state index in [-0.39, 0.29) is 40.5 Å². The fraction of sp³-hybridized carbons (Fsp3) is 0.391. The second-order valence-corrected chi connectivity index (χ2v) is 8.64. The minimum absolute atomic E-state index is 0.0947. The van der Waals surface area contributed by atoms with Crippen LogP contribution in [0.25, 0.3) is 0 Å². The summed E-state index contributed by atoms with van der Waals surface area (Å²) in [4.78, 5) is 12.9. The lowest BCUT2D eigenvalue weighted by atomic mass is 10.1. The van der Waals surface area contributed by atoms with Crippen LogP contribution >= 0.6 is 0 Å². The fourth-order valence-electron chi connectivity index (χ4n) is 3.21. The van der Waals surface area contributed by atoms with Gasteiger partial charge in [-0.2, -0.15) is 9.57 Å². The summed E-state index contributed by atoms with van der Waals surface area (Å²) in [5.41, 5.74) is 0.496. The maximum atomic E-state index is 13.1. The number of hydrogen-bond donors (Lipinski definition) is 1. The summed E-state index contributed by atoms with van der Waals surface area (Å²) in [5, 5.41) is 12.2. The fourth-order valence-corrected chi connectivity index (χ4v) is 4.85. The topological polar surface area (TPSA) is 118 Å². The number of nitriles is 1. The van der Waals surface area contributed by atoms with Crippen molar-refractivity contribution in [2.24, 2.45) is 0 Å². The quantitative estimate of drug-likeness (QED) is 0.527. The summed E-state index contributed by atoms with van der Waals surface area (Å²) in [6.45, 7) is 8.38. The standard InChI is InChI=1S/C23H29N3O6S/c1-6-26(7-2)33(28,29)22-13-16(10-11-19(22)30-5)23(27)25-18-14-21(32-9-4)20(31-8-3)12-17(18)15-24/h10-14H,6-9H2,1-5H3,(H,25,27). The van der Waals surface area contributed by atoms with Crippen LogP contribution in [0.4, 0.5) is 5.69 Å². The first-order valence-electron chi connectivity index (χ1n) is 10.6. The Morgan fingerprint density at radius 1 is 1.00 bits per heavy atom. The molecule has 0 aliphatic rings. The van der Waals surface area contributed by atoms with Gasteiger partial charge in [-0.05, 0) is 32.0 Å². The molecule has 0 radical (unpaired) electrons. The lowest BCUT2D eigenvalue weighted by Crippen LogP contribution is -2.31. The van der Waals surface area contributed by atoms with Crippen LogP contribution in [0, 0.1) is 11.3 Å². The molecule has 0 heterocycles. The second-order valence-electron chi connectivity index (χ2n) is 6.73. The number of nitrogens with zero attached hydrogens (tertiary/aromatic N) is 2. The van der Waals surface area contributed by atoms with E-state index >= 15 is 0 Å². The number of anilines is 1. The highest BCUT2D eigenvalue weighted by atomic mass is 32.2. The molecule has 0 fully saturated rings.